The Bertz CT molecular complexity index is 439. The van der Waals surface area contributed by atoms with E-state index in [2.05, 4.69) is 5.32 Å². The van der Waals surface area contributed by atoms with Crippen LogP contribution in [-0.2, 0) is 11.2 Å². The molecule has 0 radical (unpaired) electrons. The molecule has 1 fully saturated rings. The molecule has 2 rings (SSSR count). The van der Waals surface area contributed by atoms with Crippen molar-refractivity contribution in [1.29, 1.82) is 0 Å². The first-order chi connectivity index (χ1) is 8.99. The van der Waals surface area contributed by atoms with Crippen LogP contribution in [-0.4, -0.2) is 28.3 Å². The molecule has 1 aromatic rings. The number of aryl methyl sites for hydroxylation is 1. The molecule has 1 saturated carbocycles. The van der Waals surface area contributed by atoms with E-state index in [4.69, 9.17) is 0 Å². The zero-order valence-electron chi connectivity index (χ0n) is 11.2. The van der Waals surface area contributed by atoms with Crippen LogP contribution >= 0.6 is 0 Å². The van der Waals surface area contributed by atoms with Gasteiger partial charge >= 0.3 is 5.97 Å². The zero-order valence-corrected chi connectivity index (χ0v) is 11.2. The highest BCUT2D eigenvalue weighted by molar-refractivity contribution is 5.78. The Morgan fingerprint density at radius 3 is 2.53 bits per heavy atom. The summed E-state index contributed by atoms with van der Waals surface area (Å²) in [7, 11) is 0. The molecule has 0 aromatic heterocycles. The lowest BCUT2D eigenvalue weighted by Gasteiger charge is -2.26. The Morgan fingerprint density at radius 2 is 2.00 bits per heavy atom. The van der Waals surface area contributed by atoms with Gasteiger partial charge in [-0.25, -0.2) is 0 Å². The van der Waals surface area contributed by atoms with Gasteiger partial charge in [0.1, 0.15) is 11.3 Å². The van der Waals surface area contributed by atoms with Gasteiger partial charge in [-0.1, -0.05) is 12.1 Å². The molecule has 0 heterocycles. The van der Waals surface area contributed by atoms with Crippen molar-refractivity contribution in [3.8, 4) is 5.75 Å². The summed E-state index contributed by atoms with van der Waals surface area (Å²) in [6.45, 7) is 2.54. The van der Waals surface area contributed by atoms with Gasteiger partial charge in [-0.05, 0) is 62.8 Å². The fourth-order valence-electron chi connectivity index (χ4n) is 2.02. The second-order valence-corrected chi connectivity index (χ2v) is 5.63. The zero-order chi connectivity index (χ0) is 13.9. The van der Waals surface area contributed by atoms with E-state index in [1.165, 1.54) is 12.8 Å². The quantitative estimate of drug-likeness (QED) is 0.705. The van der Waals surface area contributed by atoms with E-state index in [1.807, 2.05) is 12.1 Å². The van der Waals surface area contributed by atoms with Gasteiger partial charge in [0.2, 0.25) is 0 Å². The van der Waals surface area contributed by atoms with E-state index in [1.54, 1.807) is 19.1 Å². The number of aliphatic carboxylic acids is 1. The van der Waals surface area contributed by atoms with Gasteiger partial charge in [0.25, 0.3) is 0 Å². The van der Waals surface area contributed by atoms with Crippen molar-refractivity contribution in [1.82, 2.24) is 5.32 Å². The summed E-state index contributed by atoms with van der Waals surface area (Å²) in [6.07, 6.45) is 3.64. The maximum Gasteiger partial charge on any atom is 0.323 e. The molecule has 0 aliphatic heterocycles. The second-order valence-electron chi connectivity index (χ2n) is 5.63. The van der Waals surface area contributed by atoms with Gasteiger partial charge in [0, 0.05) is 0 Å². The fraction of sp³-hybridized carbons (Fsp3) is 0.533. The third-order valence-electron chi connectivity index (χ3n) is 3.80. The standard InChI is InChI=1S/C15H21NO3/c1-15(14(18)19,16-10-12-2-3-12)9-8-11-4-6-13(17)7-5-11/h4-7,12,16-17H,2-3,8-10H2,1H3,(H,18,19). The van der Waals surface area contributed by atoms with Gasteiger partial charge in [-0.3, -0.25) is 4.79 Å². The van der Waals surface area contributed by atoms with Gasteiger partial charge in [0.05, 0.1) is 0 Å². The minimum Gasteiger partial charge on any atom is -0.508 e. The number of hydrogen-bond donors (Lipinski definition) is 3. The minimum absolute atomic E-state index is 0.233. The smallest absolute Gasteiger partial charge is 0.323 e. The van der Waals surface area contributed by atoms with Crippen LogP contribution in [0.1, 0.15) is 31.7 Å². The van der Waals surface area contributed by atoms with Crippen LogP contribution in [0.2, 0.25) is 0 Å². The summed E-state index contributed by atoms with van der Waals surface area (Å²) < 4.78 is 0. The van der Waals surface area contributed by atoms with E-state index in [-0.39, 0.29) is 5.75 Å². The van der Waals surface area contributed by atoms with E-state index >= 15 is 0 Å². The highest BCUT2D eigenvalue weighted by Crippen LogP contribution is 2.29. The lowest BCUT2D eigenvalue weighted by molar-refractivity contribution is -0.144. The SMILES string of the molecule is CC(CCc1ccc(O)cc1)(NCC1CC1)C(=O)O. The van der Waals surface area contributed by atoms with Crippen LogP contribution in [0.4, 0.5) is 0 Å². The molecule has 1 aliphatic carbocycles. The maximum atomic E-state index is 11.4. The first-order valence-electron chi connectivity index (χ1n) is 6.76. The first kappa shape index (κ1) is 13.9. The van der Waals surface area contributed by atoms with E-state index in [0.717, 1.165) is 12.1 Å². The molecule has 104 valence electrons. The molecule has 0 spiro atoms. The Kier molecular flexibility index (Phi) is 4.10. The number of phenols is 1. The van der Waals surface area contributed by atoms with Crippen LogP contribution in [0.15, 0.2) is 24.3 Å². The monoisotopic (exact) mass is 263 g/mol. The van der Waals surface area contributed by atoms with Crippen LogP contribution in [0.25, 0.3) is 0 Å². The largest absolute Gasteiger partial charge is 0.508 e. The first-order valence-corrected chi connectivity index (χ1v) is 6.76. The van der Waals surface area contributed by atoms with Crippen molar-refractivity contribution >= 4 is 5.97 Å². The molecule has 0 saturated heterocycles. The fourth-order valence-corrected chi connectivity index (χ4v) is 2.02. The molecule has 4 heteroatoms. The number of carboxylic acids is 1. The predicted octanol–water partition coefficient (Wildman–Crippen LogP) is 2.17. The molecule has 0 amide bonds. The molecular weight excluding hydrogens is 242 g/mol. The van der Waals surface area contributed by atoms with Crippen LogP contribution in [0.3, 0.4) is 0 Å². The van der Waals surface area contributed by atoms with Gasteiger partial charge in [0.15, 0.2) is 0 Å². The van der Waals surface area contributed by atoms with Gasteiger partial charge in [-0.15, -0.1) is 0 Å². The van der Waals surface area contributed by atoms with Crippen LogP contribution in [0, 0.1) is 5.92 Å². The summed E-state index contributed by atoms with van der Waals surface area (Å²) >= 11 is 0. The van der Waals surface area contributed by atoms with Crippen molar-refractivity contribution in [2.45, 2.75) is 38.1 Å². The molecule has 1 atom stereocenters. The third kappa shape index (κ3) is 3.96. The lowest BCUT2D eigenvalue weighted by atomic mass is 9.93. The Balaban J connectivity index is 1.91. The number of carboxylic acid groups (broad SMARTS) is 1. The molecule has 4 nitrogen and oxygen atoms in total. The van der Waals surface area contributed by atoms with Crippen molar-refractivity contribution in [3.63, 3.8) is 0 Å². The normalized spacial score (nSPS) is 17.9. The molecule has 0 bridgehead atoms. The van der Waals surface area contributed by atoms with Crippen molar-refractivity contribution in [3.05, 3.63) is 29.8 Å². The summed E-state index contributed by atoms with van der Waals surface area (Å²) in [5.41, 5.74) is 0.166. The number of nitrogens with one attached hydrogen (secondary N) is 1. The lowest BCUT2D eigenvalue weighted by Crippen LogP contribution is -2.50. The minimum atomic E-state index is -0.875. The number of carbonyl (C=O) groups is 1. The molecule has 1 aliphatic rings. The number of hydrogen-bond acceptors (Lipinski definition) is 3. The van der Waals surface area contributed by atoms with Crippen molar-refractivity contribution in [2.75, 3.05) is 6.54 Å². The molecule has 19 heavy (non-hydrogen) atoms. The van der Waals surface area contributed by atoms with Crippen molar-refractivity contribution in [2.24, 2.45) is 5.92 Å². The average molecular weight is 263 g/mol. The van der Waals surface area contributed by atoms with Gasteiger partial charge < -0.3 is 15.5 Å². The molecular formula is C15H21NO3. The van der Waals surface area contributed by atoms with E-state index < -0.39 is 11.5 Å². The van der Waals surface area contributed by atoms with Crippen LogP contribution < -0.4 is 5.32 Å². The predicted molar refractivity (Wildman–Crippen MR) is 73.2 cm³/mol. The second kappa shape index (κ2) is 5.61. The summed E-state index contributed by atoms with van der Waals surface area (Å²) in [4.78, 5) is 11.4. The Morgan fingerprint density at radius 1 is 1.37 bits per heavy atom. The van der Waals surface area contributed by atoms with Gasteiger partial charge in [-0.2, -0.15) is 0 Å². The number of phenolic OH excluding ortho intramolecular Hbond substituents is 1. The van der Waals surface area contributed by atoms with E-state index in [0.29, 0.717) is 18.8 Å². The molecule has 1 aromatic carbocycles. The van der Waals surface area contributed by atoms with Crippen molar-refractivity contribution < 1.29 is 15.0 Å². The number of benzene rings is 1. The highest BCUT2D eigenvalue weighted by atomic mass is 16.4. The van der Waals surface area contributed by atoms with E-state index in [9.17, 15) is 15.0 Å². The summed E-state index contributed by atoms with van der Waals surface area (Å²) in [5, 5.41) is 21.8. The number of aromatic hydroxyl groups is 1. The van der Waals surface area contributed by atoms with Crippen LogP contribution in [0.5, 0.6) is 5.75 Å². The summed E-state index contributed by atoms with van der Waals surface area (Å²) in [5.74, 6) is 0.0934. The maximum absolute atomic E-state index is 11.4. The Hall–Kier alpha value is -1.55. The molecule has 1 unspecified atom stereocenters. The summed E-state index contributed by atoms with van der Waals surface area (Å²) in [6, 6.07) is 6.92. The topological polar surface area (TPSA) is 69.6 Å². The molecule has 3 N–H and O–H groups in total. The highest BCUT2D eigenvalue weighted by Gasteiger charge is 2.34. The Labute approximate surface area is 113 Å². The third-order valence-corrected chi connectivity index (χ3v) is 3.80. The average Bonchev–Trinajstić information content (AvgIpc) is 3.19. The number of rotatable bonds is 7.